The van der Waals surface area contributed by atoms with Gasteiger partial charge in [-0.1, -0.05) is 6.08 Å². The molecule has 0 spiro atoms. The number of halogens is 3. The van der Waals surface area contributed by atoms with Gasteiger partial charge in [-0.05, 0) is 32.2 Å². The number of methoxy groups -OCH3 is 1. The second kappa shape index (κ2) is 12.9. The number of aliphatic imine (C=N–C) groups is 2. The van der Waals surface area contributed by atoms with Crippen LogP contribution in [0.25, 0.3) is 0 Å². The summed E-state index contributed by atoms with van der Waals surface area (Å²) in [4.78, 5) is 35.2. The lowest BCUT2D eigenvalue weighted by Crippen LogP contribution is -2.66. The molecule has 0 saturated carbocycles. The van der Waals surface area contributed by atoms with Crippen molar-refractivity contribution in [3.8, 4) is 6.07 Å². The van der Waals surface area contributed by atoms with Gasteiger partial charge >= 0.3 is 6.18 Å². The van der Waals surface area contributed by atoms with Gasteiger partial charge in [0, 0.05) is 64.2 Å². The van der Waals surface area contributed by atoms with Gasteiger partial charge < -0.3 is 15.0 Å². The maximum atomic E-state index is 13.6. The third-order valence-corrected chi connectivity index (χ3v) is 9.08. The Morgan fingerprint density at radius 2 is 2.04 bits per heavy atom. The lowest BCUT2D eigenvalue weighted by atomic mass is 9.83. The summed E-state index contributed by atoms with van der Waals surface area (Å²) in [5.41, 5.74) is 0.344. The minimum absolute atomic E-state index is 0.0246. The number of carbonyl (C=O) groups excluding carboxylic acids is 1. The highest BCUT2D eigenvalue weighted by molar-refractivity contribution is 5.96. The second-order valence-electron chi connectivity index (χ2n) is 12.3. The van der Waals surface area contributed by atoms with Gasteiger partial charge in [-0.15, -0.1) is 0 Å². The number of aromatic nitrogens is 4. The minimum atomic E-state index is -4.78. The Kier molecular flexibility index (Phi) is 8.90. The average molecular weight is 640 g/mol. The van der Waals surface area contributed by atoms with Crippen molar-refractivity contribution in [2.75, 3.05) is 53.5 Å². The molecule has 244 valence electrons. The van der Waals surface area contributed by atoms with Crippen LogP contribution in [-0.2, 0) is 23.0 Å². The molecule has 2 aromatic heterocycles. The number of amidine groups is 1. The van der Waals surface area contributed by atoms with Crippen molar-refractivity contribution < 1.29 is 22.7 Å². The smallest absolute Gasteiger partial charge is 0.383 e. The highest BCUT2D eigenvalue weighted by Gasteiger charge is 2.48. The van der Waals surface area contributed by atoms with Gasteiger partial charge in [0.1, 0.15) is 23.4 Å². The quantitative estimate of drug-likeness (QED) is 0.415. The second-order valence-corrected chi connectivity index (χ2v) is 12.3. The fourth-order valence-electron chi connectivity index (χ4n) is 6.57. The topological polar surface area (TPSA) is 140 Å². The molecule has 0 aliphatic carbocycles. The highest BCUT2D eigenvalue weighted by Crippen LogP contribution is 2.38. The molecular weight excluding hydrogens is 603 g/mol. The number of rotatable bonds is 10. The van der Waals surface area contributed by atoms with Crippen LogP contribution in [0.2, 0.25) is 0 Å². The normalized spacial score (nSPS) is 22.7. The van der Waals surface area contributed by atoms with Gasteiger partial charge in [0.25, 0.3) is 5.91 Å². The van der Waals surface area contributed by atoms with E-state index in [1.165, 1.54) is 6.07 Å². The number of fused-ring (bicyclic) bond motifs is 1. The molecule has 1 N–H and O–H groups in total. The number of amides is 1. The Morgan fingerprint density at radius 1 is 1.26 bits per heavy atom. The number of piperidine rings is 1. The van der Waals surface area contributed by atoms with Crippen LogP contribution in [0.3, 0.4) is 0 Å². The molecule has 0 bridgehead atoms. The van der Waals surface area contributed by atoms with Crippen LogP contribution in [0.15, 0.2) is 40.7 Å². The molecule has 2 saturated heterocycles. The Bertz CT molecular complexity index is 1570. The summed E-state index contributed by atoms with van der Waals surface area (Å²) < 4.78 is 47.8. The summed E-state index contributed by atoms with van der Waals surface area (Å²) in [5, 5.41) is 17.5. The van der Waals surface area contributed by atoms with Crippen LogP contribution in [-0.4, -0.2) is 112 Å². The number of hydrogen-bond acceptors (Lipinski definition) is 11. The number of ether oxygens (including phenoxy) is 1. The number of likely N-dealkylation sites (N-methyl/N-ethyl adjacent to an activating group) is 1. The lowest BCUT2D eigenvalue weighted by Gasteiger charge is -2.53. The molecule has 1 amide bonds. The fourth-order valence-corrected chi connectivity index (χ4v) is 6.57. The van der Waals surface area contributed by atoms with Crippen LogP contribution in [0.1, 0.15) is 52.9 Å². The van der Waals surface area contributed by atoms with E-state index in [-0.39, 0.29) is 35.9 Å². The van der Waals surface area contributed by atoms with Gasteiger partial charge in [0.2, 0.25) is 5.82 Å². The van der Waals surface area contributed by atoms with E-state index in [0.29, 0.717) is 58.6 Å². The third-order valence-electron chi connectivity index (χ3n) is 9.08. The van der Waals surface area contributed by atoms with Crippen molar-refractivity contribution in [2.24, 2.45) is 15.9 Å². The van der Waals surface area contributed by atoms with E-state index in [1.807, 2.05) is 29.4 Å². The number of likely N-dealkylation sites (tertiary alicyclic amines) is 2. The maximum absolute atomic E-state index is 13.6. The molecule has 13 nitrogen and oxygen atoms in total. The Morgan fingerprint density at radius 3 is 2.76 bits per heavy atom. The van der Waals surface area contributed by atoms with Crippen LogP contribution in [0, 0.1) is 17.2 Å². The summed E-state index contributed by atoms with van der Waals surface area (Å²) in [6.45, 7) is 3.06. The van der Waals surface area contributed by atoms with Crippen LogP contribution in [0.4, 0.5) is 13.2 Å². The molecule has 2 unspecified atom stereocenters. The molecule has 2 atom stereocenters. The molecule has 16 heteroatoms. The summed E-state index contributed by atoms with van der Waals surface area (Å²) in [5.74, 6) is -0.980. The van der Waals surface area contributed by atoms with Crippen molar-refractivity contribution in [1.29, 1.82) is 5.26 Å². The van der Waals surface area contributed by atoms with Crippen molar-refractivity contribution in [3.63, 3.8) is 0 Å². The van der Waals surface area contributed by atoms with Crippen molar-refractivity contribution in [1.82, 2.24) is 39.8 Å². The largest absolute Gasteiger partial charge is 0.451 e. The molecule has 6 heterocycles. The summed E-state index contributed by atoms with van der Waals surface area (Å²) in [7, 11) is 3.29. The number of nitrogens with one attached hydrogen (secondary N) is 1. The van der Waals surface area contributed by atoms with Crippen molar-refractivity contribution >= 4 is 18.1 Å². The van der Waals surface area contributed by atoms with Gasteiger partial charge in [0.15, 0.2) is 0 Å². The molecule has 4 aliphatic rings. The van der Waals surface area contributed by atoms with E-state index in [4.69, 9.17) is 4.74 Å². The first kappa shape index (κ1) is 31.8. The van der Waals surface area contributed by atoms with Crippen LogP contribution >= 0.6 is 0 Å². The predicted molar refractivity (Wildman–Crippen MR) is 161 cm³/mol. The van der Waals surface area contributed by atoms with E-state index >= 15 is 0 Å². The van der Waals surface area contributed by atoms with E-state index in [0.717, 1.165) is 11.4 Å². The molecule has 46 heavy (non-hydrogen) atoms. The maximum Gasteiger partial charge on any atom is 0.451 e. The van der Waals surface area contributed by atoms with Crippen LogP contribution in [0.5, 0.6) is 0 Å². The van der Waals surface area contributed by atoms with E-state index < -0.39 is 23.4 Å². The average Bonchev–Trinajstić information content (AvgIpc) is 3.71. The van der Waals surface area contributed by atoms with Gasteiger partial charge in [-0.2, -0.15) is 23.5 Å². The molecule has 4 aliphatic heterocycles. The van der Waals surface area contributed by atoms with Crippen molar-refractivity contribution in [2.45, 2.75) is 49.6 Å². The minimum Gasteiger partial charge on any atom is -0.383 e. The molecule has 2 fully saturated rings. The molecule has 2 aromatic rings. The van der Waals surface area contributed by atoms with E-state index in [2.05, 4.69) is 41.3 Å². The molecular formula is C30H36F3N11O2. The number of nitrogens with zero attached hydrogens (tertiary/aromatic N) is 10. The summed E-state index contributed by atoms with van der Waals surface area (Å²) >= 11 is 0. The Balaban J connectivity index is 1.08. The lowest BCUT2D eigenvalue weighted by molar-refractivity contribution is -0.145. The zero-order chi connectivity index (χ0) is 32.5. The molecule has 0 radical (unpaired) electrons. The summed E-state index contributed by atoms with van der Waals surface area (Å²) in [6.07, 6.45) is 6.07. The fraction of sp³-hybridized carbons (Fsp3) is 0.567. The SMILES string of the molecule is COCCN(C)Cc1cc(C(=O)N2CCC(N3CC(CC#N)(n4cc(C5N=CN=C6NC=CC65)cn4)C3)CC2)nc(C(F)(F)F)n1. The van der Waals surface area contributed by atoms with Gasteiger partial charge in [-0.25, -0.2) is 15.0 Å². The zero-order valence-corrected chi connectivity index (χ0v) is 25.7. The first-order valence-corrected chi connectivity index (χ1v) is 15.2. The number of nitriles is 1. The number of hydrogen-bond donors (Lipinski definition) is 1. The molecule has 6 rings (SSSR count). The van der Waals surface area contributed by atoms with Gasteiger partial charge in [0.05, 0.1) is 42.9 Å². The monoisotopic (exact) mass is 639 g/mol. The van der Waals surface area contributed by atoms with E-state index in [9.17, 15) is 23.2 Å². The van der Waals surface area contributed by atoms with E-state index in [1.54, 1.807) is 30.3 Å². The molecule has 0 aromatic carbocycles. The standard InChI is InChI=1S/C30H36F3N11O2/c1-41(11-12-46-2)16-21-13-24(40-28(39-21)30(31,32)33)27(45)42-9-4-22(5-10-42)43-17-29(18-43,6-7-34)44-15-20(14-38-44)25-23-3-8-35-26(23)37-19-36-25/h3,8,13-15,19,22-23,25H,4-6,9-12,16-18H2,1-2H3,(H,35,36,37). The predicted octanol–water partition coefficient (Wildman–Crippen LogP) is 2.21. The Hall–Kier alpha value is -4.20. The first-order valence-electron chi connectivity index (χ1n) is 15.2. The first-order chi connectivity index (χ1) is 22.1. The summed E-state index contributed by atoms with van der Waals surface area (Å²) in [6, 6.07) is 3.71. The zero-order valence-electron chi connectivity index (χ0n) is 25.7. The number of alkyl halides is 3. The van der Waals surface area contributed by atoms with Crippen molar-refractivity contribution in [3.05, 3.63) is 53.5 Å². The van der Waals surface area contributed by atoms with Gasteiger partial charge in [-0.3, -0.25) is 24.3 Å². The number of carbonyl (C=O) groups is 1. The Labute approximate surface area is 264 Å². The third kappa shape index (κ3) is 6.39. The van der Waals surface area contributed by atoms with Crippen LogP contribution < -0.4 is 5.32 Å². The highest BCUT2D eigenvalue weighted by atomic mass is 19.4.